The predicted octanol–water partition coefficient (Wildman–Crippen LogP) is 0.897. The van der Waals surface area contributed by atoms with Crippen LogP contribution in [0.4, 0.5) is 0 Å². The minimum absolute atomic E-state index is 0.0164. The van der Waals surface area contributed by atoms with Crippen LogP contribution in [0.3, 0.4) is 0 Å². The number of amides is 3. The fraction of sp³-hybridized carbons (Fsp3) is 0.533. The molecule has 0 bridgehead atoms. The van der Waals surface area contributed by atoms with Crippen LogP contribution in [0.5, 0.6) is 0 Å². The Labute approximate surface area is 133 Å². The highest BCUT2D eigenvalue weighted by atomic mass is 32.1. The van der Waals surface area contributed by atoms with Gasteiger partial charge in [-0.25, -0.2) is 0 Å². The van der Waals surface area contributed by atoms with E-state index in [1.54, 1.807) is 12.1 Å². The molecule has 22 heavy (non-hydrogen) atoms. The first kappa shape index (κ1) is 16.5. The van der Waals surface area contributed by atoms with Gasteiger partial charge in [0.15, 0.2) is 0 Å². The Kier molecular flexibility index (Phi) is 5.54. The van der Waals surface area contributed by atoms with Gasteiger partial charge in [-0.1, -0.05) is 19.9 Å². The molecule has 2 rings (SSSR count). The first-order valence-corrected chi connectivity index (χ1v) is 8.26. The van der Waals surface area contributed by atoms with Crippen molar-refractivity contribution in [3.63, 3.8) is 0 Å². The van der Waals surface area contributed by atoms with E-state index in [1.165, 1.54) is 11.3 Å². The van der Waals surface area contributed by atoms with E-state index in [-0.39, 0.29) is 29.7 Å². The van der Waals surface area contributed by atoms with Crippen molar-refractivity contribution in [1.29, 1.82) is 0 Å². The molecule has 3 N–H and O–H groups in total. The first-order chi connectivity index (χ1) is 10.5. The molecule has 1 aliphatic heterocycles. The normalized spacial score (nSPS) is 18.9. The Hall–Kier alpha value is -1.89. The largest absolute Gasteiger partial charge is 0.352 e. The van der Waals surface area contributed by atoms with Gasteiger partial charge in [-0.2, -0.15) is 0 Å². The van der Waals surface area contributed by atoms with Crippen molar-refractivity contribution < 1.29 is 14.4 Å². The predicted molar refractivity (Wildman–Crippen MR) is 84.6 cm³/mol. The van der Waals surface area contributed by atoms with Gasteiger partial charge >= 0.3 is 0 Å². The SMILES string of the molecule is CC(C)[C@@H](NC(=O)c1cccs1)C(=O)NC[C@H]1CCC(=O)N1. The topological polar surface area (TPSA) is 87.3 Å². The lowest BCUT2D eigenvalue weighted by Gasteiger charge is -2.22. The number of carbonyl (C=O) groups excluding carboxylic acids is 3. The molecule has 120 valence electrons. The van der Waals surface area contributed by atoms with Crippen molar-refractivity contribution in [2.75, 3.05) is 6.54 Å². The zero-order valence-corrected chi connectivity index (χ0v) is 13.5. The molecule has 6 nitrogen and oxygen atoms in total. The smallest absolute Gasteiger partial charge is 0.262 e. The van der Waals surface area contributed by atoms with Gasteiger partial charge in [-0.05, 0) is 23.8 Å². The molecule has 1 fully saturated rings. The van der Waals surface area contributed by atoms with E-state index in [1.807, 2.05) is 19.2 Å². The average molecular weight is 323 g/mol. The zero-order valence-electron chi connectivity index (χ0n) is 12.7. The van der Waals surface area contributed by atoms with E-state index < -0.39 is 6.04 Å². The van der Waals surface area contributed by atoms with E-state index in [0.29, 0.717) is 17.8 Å². The molecule has 0 spiro atoms. The standard InChI is InChI=1S/C15H21N3O3S/c1-9(2)13(18-14(20)11-4-3-7-22-11)15(21)16-8-10-5-6-12(19)17-10/h3-4,7,9-10,13H,5-6,8H2,1-2H3,(H,16,21)(H,17,19)(H,18,20)/t10-,13-/m1/s1. The molecule has 1 saturated heterocycles. The molecule has 0 aromatic carbocycles. The van der Waals surface area contributed by atoms with Crippen LogP contribution in [0.15, 0.2) is 17.5 Å². The summed E-state index contributed by atoms with van der Waals surface area (Å²) in [6.45, 7) is 4.16. The monoisotopic (exact) mass is 323 g/mol. The van der Waals surface area contributed by atoms with E-state index in [2.05, 4.69) is 16.0 Å². The van der Waals surface area contributed by atoms with Gasteiger partial charge in [0.2, 0.25) is 11.8 Å². The molecule has 0 unspecified atom stereocenters. The highest BCUT2D eigenvalue weighted by Crippen LogP contribution is 2.11. The molecular weight excluding hydrogens is 302 g/mol. The molecule has 0 aliphatic carbocycles. The second-order valence-corrected chi connectivity index (χ2v) is 6.67. The van der Waals surface area contributed by atoms with Gasteiger partial charge in [-0.3, -0.25) is 14.4 Å². The molecule has 2 heterocycles. The fourth-order valence-electron chi connectivity index (χ4n) is 2.32. The summed E-state index contributed by atoms with van der Waals surface area (Å²) < 4.78 is 0. The van der Waals surface area contributed by atoms with Crippen LogP contribution in [-0.2, 0) is 9.59 Å². The summed E-state index contributed by atoms with van der Waals surface area (Å²) in [4.78, 5) is 36.1. The molecule has 1 aromatic rings. The summed E-state index contributed by atoms with van der Waals surface area (Å²) in [6.07, 6.45) is 1.23. The maximum absolute atomic E-state index is 12.3. The van der Waals surface area contributed by atoms with Crippen LogP contribution in [-0.4, -0.2) is 36.3 Å². The maximum atomic E-state index is 12.3. The second kappa shape index (κ2) is 7.40. The molecular formula is C15H21N3O3S. The third kappa shape index (κ3) is 4.30. The van der Waals surface area contributed by atoms with E-state index in [0.717, 1.165) is 6.42 Å². The number of nitrogens with one attached hydrogen (secondary N) is 3. The Balaban J connectivity index is 1.88. The molecule has 3 amide bonds. The number of hydrogen-bond donors (Lipinski definition) is 3. The quantitative estimate of drug-likeness (QED) is 0.727. The summed E-state index contributed by atoms with van der Waals surface area (Å²) in [6, 6.07) is 2.92. The number of thiophene rings is 1. The van der Waals surface area contributed by atoms with Crippen molar-refractivity contribution in [3.8, 4) is 0 Å². The molecule has 1 aliphatic rings. The average Bonchev–Trinajstić information content (AvgIpc) is 3.13. The minimum atomic E-state index is -0.591. The maximum Gasteiger partial charge on any atom is 0.262 e. The molecule has 0 radical (unpaired) electrons. The zero-order chi connectivity index (χ0) is 16.1. The minimum Gasteiger partial charge on any atom is -0.352 e. The molecule has 2 atom stereocenters. The second-order valence-electron chi connectivity index (χ2n) is 5.72. The highest BCUT2D eigenvalue weighted by molar-refractivity contribution is 7.12. The van der Waals surface area contributed by atoms with Gasteiger partial charge in [0.25, 0.3) is 5.91 Å². The Bertz CT molecular complexity index is 542. The summed E-state index contributed by atoms with van der Waals surface area (Å²) in [5.74, 6) is -0.466. The third-order valence-corrected chi connectivity index (χ3v) is 4.46. The van der Waals surface area contributed by atoms with Gasteiger partial charge < -0.3 is 16.0 Å². The Morgan fingerprint density at radius 1 is 1.45 bits per heavy atom. The van der Waals surface area contributed by atoms with Crippen LogP contribution in [0.1, 0.15) is 36.4 Å². The lowest BCUT2D eigenvalue weighted by molar-refractivity contribution is -0.124. The number of carbonyl (C=O) groups is 3. The fourth-order valence-corrected chi connectivity index (χ4v) is 2.95. The summed E-state index contributed by atoms with van der Waals surface area (Å²) in [5.41, 5.74) is 0. The van der Waals surface area contributed by atoms with Crippen LogP contribution in [0.25, 0.3) is 0 Å². The summed E-state index contributed by atoms with van der Waals surface area (Å²) >= 11 is 1.34. The van der Waals surface area contributed by atoms with E-state index in [4.69, 9.17) is 0 Å². The Morgan fingerprint density at radius 2 is 2.23 bits per heavy atom. The van der Waals surface area contributed by atoms with Crippen molar-refractivity contribution in [2.45, 2.75) is 38.8 Å². The van der Waals surface area contributed by atoms with Crippen LogP contribution in [0, 0.1) is 5.92 Å². The van der Waals surface area contributed by atoms with Gasteiger partial charge in [0.05, 0.1) is 4.88 Å². The van der Waals surface area contributed by atoms with E-state index >= 15 is 0 Å². The van der Waals surface area contributed by atoms with Crippen molar-refractivity contribution in [1.82, 2.24) is 16.0 Å². The van der Waals surface area contributed by atoms with Gasteiger partial charge in [0.1, 0.15) is 6.04 Å². The third-order valence-electron chi connectivity index (χ3n) is 3.59. The number of rotatable bonds is 6. The lowest BCUT2D eigenvalue weighted by Crippen LogP contribution is -2.51. The Morgan fingerprint density at radius 3 is 2.77 bits per heavy atom. The van der Waals surface area contributed by atoms with Crippen LogP contribution >= 0.6 is 11.3 Å². The van der Waals surface area contributed by atoms with E-state index in [9.17, 15) is 14.4 Å². The molecule has 7 heteroatoms. The molecule has 1 aromatic heterocycles. The lowest BCUT2D eigenvalue weighted by atomic mass is 10.0. The van der Waals surface area contributed by atoms with Crippen molar-refractivity contribution in [3.05, 3.63) is 22.4 Å². The van der Waals surface area contributed by atoms with Gasteiger partial charge in [0, 0.05) is 19.0 Å². The number of hydrogen-bond acceptors (Lipinski definition) is 4. The van der Waals surface area contributed by atoms with Crippen molar-refractivity contribution in [2.24, 2.45) is 5.92 Å². The highest BCUT2D eigenvalue weighted by Gasteiger charge is 2.27. The van der Waals surface area contributed by atoms with Crippen LogP contribution < -0.4 is 16.0 Å². The summed E-state index contributed by atoms with van der Waals surface area (Å²) in [5, 5.41) is 10.2. The van der Waals surface area contributed by atoms with Gasteiger partial charge in [-0.15, -0.1) is 11.3 Å². The van der Waals surface area contributed by atoms with Crippen LogP contribution in [0.2, 0.25) is 0 Å². The first-order valence-electron chi connectivity index (χ1n) is 7.39. The van der Waals surface area contributed by atoms with Crippen molar-refractivity contribution >= 4 is 29.1 Å². The molecule has 0 saturated carbocycles. The summed E-state index contributed by atoms with van der Waals surface area (Å²) in [7, 11) is 0.